The molecule has 1 amide bonds. The number of anilines is 1. The average Bonchev–Trinajstić information content (AvgIpc) is 2.38. The van der Waals surface area contributed by atoms with Crippen LogP contribution in [0.15, 0.2) is 36.7 Å². The number of nitrogens with one attached hydrogen (secondary N) is 1. The van der Waals surface area contributed by atoms with Gasteiger partial charge >= 0.3 is 0 Å². The van der Waals surface area contributed by atoms with Gasteiger partial charge in [0.15, 0.2) is 0 Å². The SMILES string of the molecule is CC(C)Oc1cccc(C(=O)Nc2cc(Cl)ncn2)c1. The van der Waals surface area contributed by atoms with Crippen molar-refractivity contribution in [2.24, 2.45) is 0 Å². The number of nitrogens with zero attached hydrogens (tertiary/aromatic N) is 2. The molecular weight excluding hydrogens is 278 g/mol. The molecule has 1 aromatic heterocycles. The monoisotopic (exact) mass is 291 g/mol. The third-order valence-corrected chi connectivity index (χ3v) is 2.55. The fourth-order valence-electron chi connectivity index (χ4n) is 1.57. The summed E-state index contributed by atoms with van der Waals surface area (Å²) in [7, 11) is 0. The van der Waals surface area contributed by atoms with Crippen molar-refractivity contribution in [2.75, 3.05) is 5.32 Å². The lowest BCUT2D eigenvalue weighted by molar-refractivity contribution is 0.102. The molecule has 0 spiro atoms. The van der Waals surface area contributed by atoms with Crippen molar-refractivity contribution < 1.29 is 9.53 Å². The van der Waals surface area contributed by atoms with E-state index in [0.717, 1.165) is 0 Å². The minimum atomic E-state index is -0.283. The fourth-order valence-corrected chi connectivity index (χ4v) is 1.72. The summed E-state index contributed by atoms with van der Waals surface area (Å²) in [5, 5.41) is 2.92. The van der Waals surface area contributed by atoms with Crippen molar-refractivity contribution in [1.29, 1.82) is 0 Å². The highest BCUT2D eigenvalue weighted by molar-refractivity contribution is 6.29. The van der Waals surface area contributed by atoms with Crippen LogP contribution in [0.4, 0.5) is 5.82 Å². The molecule has 2 aromatic rings. The molecule has 5 nitrogen and oxygen atoms in total. The van der Waals surface area contributed by atoms with Gasteiger partial charge in [-0.2, -0.15) is 0 Å². The number of benzene rings is 1. The molecular formula is C14H14ClN3O2. The van der Waals surface area contributed by atoms with Crippen molar-refractivity contribution in [3.05, 3.63) is 47.4 Å². The summed E-state index contributed by atoms with van der Waals surface area (Å²) >= 11 is 5.73. The van der Waals surface area contributed by atoms with Gasteiger partial charge in [-0.15, -0.1) is 0 Å². The van der Waals surface area contributed by atoms with E-state index in [1.807, 2.05) is 13.8 Å². The molecule has 2 rings (SSSR count). The first-order valence-electron chi connectivity index (χ1n) is 6.10. The van der Waals surface area contributed by atoms with Crippen LogP contribution in [-0.2, 0) is 0 Å². The summed E-state index contributed by atoms with van der Waals surface area (Å²) < 4.78 is 5.55. The third-order valence-electron chi connectivity index (χ3n) is 2.34. The van der Waals surface area contributed by atoms with Crippen LogP contribution in [0.25, 0.3) is 0 Å². The summed E-state index contributed by atoms with van der Waals surface area (Å²) in [6.07, 6.45) is 1.34. The lowest BCUT2D eigenvalue weighted by atomic mass is 10.2. The van der Waals surface area contributed by atoms with E-state index >= 15 is 0 Å². The fraction of sp³-hybridized carbons (Fsp3) is 0.214. The first-order valence-corrected chi connectivity index (χ1v) is 6.48. The molecule has 1 N–H and O–H groups in total. The first kappa shape index (κ1) is 14.3. The predicted molar refractivity (Wildman–Crippen MR) is 77.2 cm³/mol. The number of carbonyl (C=O) groups is 1. The molecule has 0 unspecified atom stereocenters. The second-order valence-corrected chi connectivity index (χ2v) is 4.76. The van der Waals surface area contributed by atoms with Crippen LogP contribution in [0.2, 0.25) is 5.15 Å². The average molecular weight is 292 g/mol. The molecule has 0 aliphatic carbocycles. The Morgan fingerprint density at radius 2 is 2.10 bits per heavy atom. The second kappa shape index (κ2) is 6.34. The van der Waals surface area contributed by atoms with Crippen LogP contribution in [0.5, 0.6) is 5.75 Å². The lowest BCUT2D eigenvalue weighted by Crippen LogP contribution is -2.13. The van der Waals surface area contributed by atoms with Gasteiger partial charge in [-0.1, -0.05) is 17.7 Å². The number of hydrogen-bond acceptors (Lipinski definition) is 4. The Labute approximate surface area is 122 Å². The molecule has 0 bridgehead atoms. The molecule has 0 saturated carbocycles. The number of halogens is 1. The summed E-state index contributed by atoms with van der Waals surface area (Å²) in [5.74, 6) is 0.715. The van der Waals surface area contributed by atoms with Crippen molar-refractivity contribution in [2.45, 2.75) is 20.0 Å². The van der Waals surface area contributed by atoms with Gasteiger partial charge in [0.05, 0.1) is 6.10 Å². The second-order valence-electron chi connectivity index (χ2n) is 4.37. The number of carbonyl (C=O) groups excluding carboxylic acids is 1. The first-order chi connectivity index (χ1) is 9.54. The Morgan fingerprint density at radius 3 is 2.80 bits per heavy atom. The van der Waals surface area contributed by atoms with Crippen LogP contribution in [0.1, 0.15) is 24.2 Å². The Morgan fingerprint density at radius 1 is 1.30 bits per heavy atom. The maximum Gasteiger partial charge on any atom is 0.256 e. The number of hydrogen-bond donors (Lipinski definition) is 1. The Bertz CT molecular complexity index is 617. The van der Waals surface area contributed by atoms with E-state index in [0.29, 0.717) is 17.1 Å². The van der Waals surface area contributed by atoms with Crippen molar-refractivity contribution in [3.63, 3.8) is 0 Å². The van der Waals surface area contributed by atoms with E-state index in [-0.39, 0.29) is 17.2 Å². The minimum absolute atomic E-state index is 0.0500. The molecule has 0 aliphatic heterocycles. The van der Waals surface area contributed by atoms with E-state index in [4.69, 9.17) is 16.3 Å². The Hall–Kier alpha value is -2.14. The summed E-state index contributed by atoms with van der Waals surface area (Å²) in [4.78, 5) is 19.8. The zero-order valence-electron chi connectivity index (χ0n) is 11.1. The maximum absolute atomic E-state index is 12.1. The molecule has 0 atom stereocenters. The molecule has 104 valence electrons. The predicted octanol–water partition coefficient (Wildman–Crippen LogP) is 3.17. The van der Waals surface area contributed by atoms with Crippen LogP contribution in [0.3, 0.4) is 0 Å². The zero-order valence-corrected chi connectivity index (χ0v) is 11.9. The molecule has 1 aromatic carbocycles. The number of amides is 1. The van der Waals surface area contributed by atoms with Gasteiger partial charge in [0, 0.05) is 11.6 Å². The van der Waals surface area contributed by atoms with E-state index in [1.165, 1.54) is 12.4 Å². The van der Waals surface area contributed by atoms with Crippen LogP contribution < -0.4 is 10.1 Å². The molecule has 20 heavy (non-hydrogen) atoms. The van der Waals surface area contributed by atoms with Gasteiger partial charge in [0.1, 0.15) is 23.0 Å². The van der Waals surface area contributed by atoms with Gasteiger partial charge in [-0.05, 0) is 32.0 Å². The lowest BCUT2D eigenvalue weighted by Gasteiger charge is -2.10. The molecule has 0 saturated heterocycles. The van der Waals surface area contributed by atoms with Crippen molar-refractivity contribution in [3.8, 4) is 5.75 Å². The summed E-state index contributed by atoms with van der Waals surface area (Å²) in [5.41, 5.74) is 0.484. The molecule has 1 heterocycles. The smallest absolute Gasteiger partial charge is 0.256 e. The summed E-state index contributed by atoms with van der Waals surface area (Å²) in [6, 6.07) is 8.43. The van der Waals surface area contributed by atoms with Crippen molar-refractivity contribution in [1.82, 2.24) is 9.97 Å². The number of aromatic nitrogens is 2. The van der Waals surface area contributed by atoms with Crippen molar-refractivity contribution >= 4 is 23.3 Å². The van der Waals surface area contributed by atoms with E-state index in [9.17, 15) is 4.79 Å². The number of ether oxygens (including phenoxy) is 1. The summed E-state index contributed by atoms with van der Waals surface area (Å²) in [6.45, 7) is 3.85. The van der Waals surface area contributed by atoms with E-state index in [2.05, 4.69) is 15.3 Å². The highest BCUT2D eigenvalue weighted by Gasteiger charge is 2.09. The van der Waals surface area contributed by atoms with Crippen LogP contribution >= 0.6 is 11.6 Å². The van der Waals surface area contributed by atoms with Gasteiger partial charge in [0.25, 0.3) is 5.91 Å². The van der Waals surface area contributed by atoms with Gasteiger partial charge in [-0.25, -0.2) is 9.97 Å². The van der Waals surface area contributed by atoms with Crippen LogP contribution in [0, 0.1) is 0 Å². The Kier molecular flexibility index (Phi) is 4.53. The highest BCUT2D eigenvalue weighted by Crippen LogP contribution is 2.16. The maximum atomic E-state index is 12.1. The van der Waals surface area contributed by atoms with Gasteiger partial charge in [0.2, 0.25) is 0 Å². The van der Waals surface area contributed by atoms with Crippen LogP contribution in [-0.4, -0.2) is 22.0 Å². The number of rotatable bonds is 4. The Balaban J connectivity index is 2.13. The molecule has 0 aliphatic rings. The zero-order chi connectivity index (χ0) is 14.5. The van der Waals surface area contributed by atoms with Gasteiger partial charge in [-0.3, -0.25) is 4.79 Å². The third kappa shape index (κ3) is 3.93. The topological polar surface area (TPSA) is 64.1 Å². The quantitative estimate of drug-likeness (QED) is 0.879. The van der Waals surface area contributed by atoms with E-state index < -0.39 is 0 Å². The minimum Gasteiger partial charge on any atom is -0.491 e. The molecule has 6 heteroatoms. The largest absolute Gasteiger partial charge is 0.491 e. The van der Waals surface area contributed by atoms with E-state index in [1.54, 1.807) is 24.3 Å². The molecule has 0 radical (unpaired) electrons. The van der Waals surface area contributed by atoms with Gasteiger partial charge < -0.3 is 10.1 Å². The standard InChI is InChI=1S/C14H14ClN3O2/c1-9(2)20-11-5-3-4-10(6-11)14(19)18-13-7-12(15)16-8-17-13/h3-9H,1-2H3,(H,16,17,18,19). The highest BCUT2D eigenvalue weighted by atomic mass is 35.5. The molecule has 0 fully saturated rings. The normalized spacial score (nSPS) is 10.4.